The molecule has 126 heavy (non-hydrogen) atoms. The van der Waals surface area contributed by atoms with Crippen LogP contribution in [0.5, 0.6) is 28.9 Å². The molecule has 12 rings (SSSR count). The van der Waals surface area contributed by atoms with Crippen molar-refractivity contribution in [1.29, 1.82) is 0 Å². The average Bonchev–Trinajstić information content (AvgIpc) is 0.821. The van der Waals surface area contributed by atoms with Crippen LogP contribution in [0, 0.1) is 0 Å². The first-order valence-corrected chi connectivity index (χ1v) is 42.9. The summed E-state index contributed by atoms with van der Waals surface area (Å²) in [5.41, 5.74) is 8.38. The number of aromatic hydroxyl groups is 4. The Morgan fingerprint density at radius 1 is 0.333 bits per heavy atom. The molecule has 0 amide bonds. The van der Waals surface area contributed by atoms with Crippen LogP contribution in [0.2, 0.25) is 0 Å². The summed E-state index contributed by atoms with van der Waals surface area (Å²) in [5.74, 6) is 1.18. The molecule has 11 aromatic carbocycles. The molecule has 37 heteroatoms. The van der Waals surface area contributed by atoms with Gasteiger partial charge in [-0.1, -0.05) is 140 Å². The number of para-hydroxylation sites is 2. The highest BCUT2D eigenvalue weighted by Gasteiger charge is 2.18. The molecule has 0 atom stereocenters. The lowest BCUT2D eigenvalue weighted by Crippen LogP contribution is -3.00. The topological polar surface area (TPSA) is 411 Å². The van der Waals surface area contributed by atoms with Gasteiger partial charge in [-0.15, -0.1) is 35.8 Å². The lowest BCUT2D eigenvalue weighted by atomic mass is 10.1. The van der Waals surface area contributed by atoms with Gasteiger partial charge in [0.25, 0.3) is 0 Å². The monoisotopic (exact) mass is 1810 g/mol. The standard InChI is InChI=1S/3C22H26N4O.C20H22N4O2.3CH4O4S.ClH/c1-25(15-16-26(2,3)4)21-12-8-7-11-20(21)24-23-19-13-14-22(27)18-10-6-5-9-17(18)19;1-25(15-16-26(2,3)4)20-12-8-7-11-19(20)23-24-22-18-10-6-5-9-17(18)13-14-21(22)27;1-25(15-16-26(2,3)4)19-12-10-18(11-13-19)23-24-22-20-8-6-5-7-17(20)9-14-21(22)27;1-24(2,3)12-13-26-19-11-9-16(14-21-19)22-23-20-17-7-5-4-6-15(17)8-10-18(20)25;3*1-5-6(2,3)4;/h3*5-14H,15-16H2,1-4H3;4-11,14H,12-13H2,1-3H3;3*1H3,(H,2,3,4);1H. The highest BCUT2D eigenvalue weighted by molar-refractivity contribution is 7.81. The van der Waals surface area contributed by atoms with Crippen molar-refractivity contribution in [3.63, 3.8) is 0 Å². The van der Waals surface area contributed by atoms with E-state index in [1.54, 1.807) is 48.7 Å². The van der Waals surface area contributed by atoms with Crippen LogP contribution in [-0.2, 0) is 43.7 Å². The molecule has 0 spiro atoms. The van der Waals surface area contributed by atoms with E-state index in [0.29, 0.717) is 35.2 Å². The summed E-state index contributed by atoms with van der Waals surface area (Å²) in [4.78, 5) is 10.9. The van der Waals surface area contributed by atoms with Crippen molar-refractivity contribution in [2.24, 2.45) is 40.9 Å². The number of hydrogen-bond donors (Lipinski definition) is 4. The Hall–Kier alpha value is -11.9. The number of nitrogens with zero attached hydrogens (tertiary/aromatic N) is 16. The number of phenols is 4. The fourth-order valence-corrected chi connectivity index (χ4v) is 11.0. The van der Waals surface area contributed by atoms with E-state index in [0.717, 1.165) is 168 Å². The molecule has 0 aliphatic heterocycles. The summed E-state index contributed by atoms with van der Waals surface area (Å²) in [6, 6.07) is 72.7. The average molecular weight is 1810 g/mol. The SMILES string of the molecule is CN(CC[N+](C)(C)C)c1ccc(N=Nc2c(O)ccc3ccccc23)cc1.CN(CC[N+](C)(C)C)c1ccccc1N=Nc1c(O)ccc2ccccc12.CN(CC[N+](C)(C)C)c1ccccc1N=Nc1ccc(O)c2ccccc12.COS(=O)(=O)[O-].COS(=O)(=O)[O-].COS(=O)(=O)[O-].C[N+](C)(C)CCOc1ccc(N=Nc2c(O)ccc3ccccc23)cn1.[Cl-]. The highest BCUT2D eigenvalue weighted by Crippen LogP contribution is 2.41. The summed E-state index contributed by atoms with van der Waals surface area (Å²) >= 11 is 0. The molecule has 4 N–H and O–H groups in total. The van der Waals surface area contributed by atoms with E-state index in [-0.39, 0.29) is 35.4 Å². The van der Waals surface area contributed by atoms with E-state index in [1.807, 2.05) is 182 Å². The smallest absolute Gasteiger partial charge is 0.217 e. The van der Waals surface area contributed by atoms with Gasteiger partial charge in [-0.2, -0.15) is 5.11 Å². The van der Waals surface area contributed by atoms with Crippen molar-refractivity contribution in [3.05, 3.63) is 237 Å². The van der Waals surface area contributed by atoms with Gasteiger partial charge in [-0.05, 0) is 101 Å². The normalized spacial score (nSPS) is 11.8. The number of benzene rings is 11. The third kappa shape index (κ3) is 37.5. The van der Waals surface area contributed by atoms with Crippen LogP contribution in [0.4, 0.5) is 62.6 Å². The van der Waals surface area contributed by atoms with Gasteiger partial charge in [-0.25, -0.2) is 30.2 Å². The van der Waals surface area contributed by atoms with E-state index in [2.05, 4.69) is 185 Å². The number of pyridine rings is 1. The molecular formula is C89H113ClN16O17S3. The number of halogens is 1. The zero-order valence-corrected chi connectivity index (χ0v) is 77.2. The summed E-state index contributed by atoms with van der Waals surface area (Å²) in [6.45, 7) is 7.43. The zero-order valence-electron chi connectivity index (χ0n) is 74.0. The van der Waals surface area contributed by atoms with Crippen LogP contribution < -0.4 is 31.8 Å². The van der Waals surface area contributed by atoms with Crippen LogP contribution in [0.25, 0.3) is 43.1 Å². The minimum absolute atomic E-state index is 0. The Labute approximate surface area is 745 Å². The number of phenolic OH excluding ortho intramolecular Hbond substituents is 4. The van der Waals surface area contributed by atoms with Crippen molar-refractivity contribution in [1.82, 2.24) is 4.98 Å². The molecule has 0 aliphatic rings. The predicted molar refractivity (Wildman–Crippen MR) is 490 cm³/mol. The molecular weight excluding hydrogens is 1700 g/mol. The number of fused-ring (bicyclic) bond motifs is 4. The van der Waals surface area contributed by atoms with Crippen LogP contribution in [0.15, 0.2) is 278 Å². The van der Waals surface area contributed by atoms with E-state index < -0.39 is 31.2 Å². The molecule has 0 saturated carbocycles. The van der Waals surface area contributed by atoms with Gasteiger partial charge in [0.05, 0.1) is 174 Å². The molecule has 676 valence electrons. The molecule has 0 fully saturated rings. The Kier molecular flexibility index (Phi) is 40.4. The Morgan fingerprint density at radius 3 is 1.02 bits per heavy atom. The van der Waals surface area contributed by atoms with Crippen LogP contribution >= 0.6 is 0 Å². The molecule has 0 unspecified atom stereocenters. The number of aromatic nitrogens is 1. The minimum Gasteiger partial charge on any atom is -1.00 e. The number of ether oxygens (including phenoxy) is 1. The maximum Gasteiger partial charge on any atom is 0.217 e. The molecule has 0 saturated heterocycles. The summed E-state index contributed by atoms with van der Waals surface area (Å²) in [5, 5.41) is 82.8. The molecule has 0 radical (unpaired) electrons. The maximum absolute atomic E-state index is 10.3. The fraction of sp³-hybridized carbons (Fsp3) is 0.292. The van der Waals surface area contributed by atoms with Crippen molar-refractivity contribution in [3.8, 4) is 28.9 Å². The second-order valence-corrected chi connectivity index (χ2v) is 35.6. The van der Waals surface area contributed by atoms with E-state index in [4.69, 9.17) is 4.74 Å². The predicted octanol–water partition coefficient (Wildman–Crippen LogP) is 14.0. The molecule has 1 aromatic heterocycles. The number of azo groups is 4. The second kappa shape index (κ2) is 48.6. The minimum atomic E-state index is -4.41. The Bertz CT molecular complexity index is 5900. The van der Waals surface area contributed by atoms with E-state index in [1.165, 1.54) is 0 Å². The summed E-state index contributed by atoms with van der Waals surface area (Å²) in [7, 11) is 21.5. The maximum atomic E-state index is 10.3. The third-order valence-corrected chi connectivity index (χ3v) is 19.3. The van der Waals surface area contributed by atoms with Crippen LogP contribution in [-0.4, -0.2) is 262 Å². The van der Waals surface area contributed by atoms with Crippen LogP contribution in [0.1, 0.15) is 0 Å². The largest absolute Gasteiger partial charge is 1.00 e. The zero-order chi connectivity index (χ0) is 92.5. The number of quaternary nitrogens is 4. The quantitative estimate of drug-likeness (QED) is 0.0161. The highest BCUT2D eigenvalue weighted by atomic mass is 35.5. The third-order valence-electron chi connectivity index (χ3n) is 18.1. The first-order chi connectivity index (χ1) is 58.6. The molecule has 12 aromatic rings. The Morgan fingerprint density at radius 2 is 0.643 bits per heavy atom. The fourth-order valence-electron chi connectivity index (χ4n) is 11.0. The number of likely N-dealkylation sites (N-methyl/N-ethyl adjacent to an activating group) is 7. The lowest BCUT2D eigenvalue weighted by molar-refractivity contribution is -0.870. The van der Waals surface area contributed by atoms with Crippen molar-refractivity contribution >= 4 is 137 Å². The number of anilines is 3. The second-order valence-electron chi connectivity index (χ2n) is 32.2. The van der Waals surface area contributed by atoms with Crippen LogP contribution in [0.3, 0.4) is 0 Å². The lowest BCUT2D eigenvalue weighted by Gasteiger charge is -2.28. The first-order valence-electron chi connectivity index (χ1n) is 38.9. The van der Waals surface area contributed by atoms with Gasteiger partial charge in [0.15, 0.2) is 0 Å². The summed E-state index contributed by atoms with van der Waals surface area (Å²) < 4.78 is 102. The van der Waals surface area contributed by atoms with Gasteiger partial charge in [-0.3, -0.25) is 12.5 Å². The van der Waals surface area contributed by atoms with Crippen molar-refractivity contribution in [2.45, 2.75) is 0 Å². The first kappa shape index (κ1) is 105. The van der Waals surface area contributed by atoms with Gasteiger partial charge < -0.3 is 83.9 Å². The molecule has 0 bridgehead atoms. The summed E-state index contributed by atoms with van der Waals surface area (Å²) in [6.07, 6.45) is 1.60. The molecule has 1 heterocycles. The number of rotatable bonds is 27. The van der Waals surface area contributed by atoms with Gasteiger partial charge in [0.1, 0.15) is 70.3 Å². The molecule has 0 aliphatic carbocycles. The van der Waals surface area contributed by atoms with E-state index >= 15 is 0 Å². The van der Waals surface area contributed by atoms with E-state index in [9.17, 15) is 59.3 Å². The Balaban J connectivity index is 0.000000278. The van der Waals surface area contributed by atoms with Gasteiger partial charge in [0.2, 0.25) is 37.1 Å². The molecule has 33 nitrogen and oxygen atoms in total. The van der Waals surface area contributed by atoms with Crippen molar-refractivity contribution < 1.29 is 107 Å². The van der Waals surface area contributed by atoms with Gasteiger partial charge >= 0.3 is 0 Å². The van der Waals surface area contributed by atoms with Crippen molar-refractivity contribution in [2.75, 3.05) is 194 Å². The van der Waals surface area contributed by atoms with Gasteiger partial charge in [0, 0.05) is 59.8 Å². The number of hydrogen-bond acceptors (Lipinski definition) is 29.